The molecule has 0 bridgehead atoms. The highest BCUT2D eigenvalue weighted by Crippen LogP contribution is 2.28. The summed E-state index contributed by atoms with van der Waals surface area (Å²) in [4.78, 5) is 40.0. The van der Waals surface area contributed by atoms with Crippen LogP contribution < -0.4 is 11.1 Å². The zero-order valence-corrected chi connectivity index (χ0v) is 21.5. The van der Waals surface area contributed by atoms with Crippen molar-refractivity contribution >= 4 is 37.8 Å². The number of amidine groups is 1. The first-order chi connectivity index (χ1) is 15.1. The fourth-order valence-electron chi connectivity index (χ4n) is 2.37. The van der Waals surface area contributed by atoms with Crippen LogP contribution in [0.3, 0.4) is 0 Å². The van der Waals surface area contributed by atoms with E-state index in [9.17, 15) is 14.4 Å². The van der Waals surface area contributed by atoms with Crippen LogP contribution in [0.2, 0.25) is 19.6 Å². The average molecular weight is 486 g/mol. The van der Waals surface area contributed by atoms with E-state index in [2.05, 4.69) is 25.4 Å². The molecule has 1 rings (SSSR count). The Balaban J connectivity index is 2.90. The molecule has 0 aromatic carbocycles. The average Bonchev–Trinajstić information content (AvgIpc) is 3.12. The number of oxime groups is 1. The summed E-state index contributed by atoms with van der Waals surface area (Å²) in [6.07, 6.45) is 0.557. The van der Waals surface area contributed by atoms with Crippen LogP contribution in [0.5, 0.6) is 0 Å². The minimum absolute atomic E-state index is 0.0155. The third-order valence-corrected chi connectivity index (χ3v) is 8.05. The molecule has 13 heteroatoms. The van der Waals surface area contributed by atoms with Gasteiger partial charge in [-0.2, -0.15) is 5.10 Å². The van der Waals surface area contributed by atoms with Crippen molar-refractivity contribution in [3.63, 3.8) is 0 Å². The molecule has 0 saturated heterocycles. The van der Waals surface area contributed by atoms with Gasteiger partial charge in [0.2, 0.25) is 0 Å². The summed E-state index contributed by atoms with van der Waals surface area (Å²) >= 11 is 0. The molecule has 1 unspecified atom stereocenters. The predicted molar refractivity (Wildman–Crippen MR) is 124 cm³/mol. The minimum atomic E-state index is -2.19. The maximum atomic E-state index is 12.1. The van der Waals surface area contributed by atoms with Crippen molar-refractivity contribution in [3.05, 3.63) is 11.8 Å². The Labute approximate surface area is 194 Å². The number of amides is 1. The molecular formula is C20H35N5O7Si. The smallest absolute Gasteiger partial charge is 0.413 e. The van der Waals surface area contributed by atoms with Gasteiger partial charge in [-0.1, -0.05) is 24.8 Å². The molecule has 33 heavy (non-hydrogen) atoms. The lowest BCUT2D eigenvalue weighted by atomic mass is 10.2. The van der Waals surface area contributed by atoms with Crippen LogP contribution >= 0.6 is 0 Å². The number of nitrogens with one attached hydrogen (secondary N) is 2. The fraction of sp³-hybridized carbons (Fsp3) is 0.650. The molecule has 0 aliphatic heterocycles. The van der Waals surface area contributed by atoms with Gasteiger partial charge in [0.15, 0.2) is 5.84 Å². The number of H-pyrrole nitrogens is 1. The number of hydrogen-bond donors (Lipinski definition) is 3. The third kappa shape index (κ3) is 8.85. The molecular weight excluding hydrogens is 450 g/mol. The first-order valence-electron chi connectivity index (χ1n) is 10.4. The van der Waals surface area contributed by atoms with Crippen molar-refractivity contribution in [2.24, 2.45) is 10.9 Å². The maximum Gasteiger partial charge on any atom is 0.413 e. The Hall–Kier alpha value is -2.93. The molecule has 4 N–H and O–H groups in total. The predicted octanol–water partition coefficient (Wildman–Crippen LogP) is 2.68. The number of aromatic amines is 1. The Morgan fingerprint density at radius 3 is 2.30 bits per heavy atom. The van der Waals surface area contributed by atoms with Crippen LogP contribution in [0.4, 0.5) is 10.6 Å². The molecule has 12 nitrogen and oxygen atoms in total. The van der Waals surface area contributed by atoms with Crippen LogP contribution in [0.1, 0.15) is 46.1 Å². The highest BCUT2D eigenvalue weighted by Gasteiger charge is 2.45. The van der Waals surface area contributed by atoms with Crippen molar-refractivity contribution < 1.29 is 33.4 Å². The van der Waals surface area contributed by atoms with Gasteiger partial charge < -0.3 is 24.8 Å². The van der Waals surface area contributed by atoms with Gasteiger partial charge in [0.05, 0.1) is 40.8 Å². The first-order valence-corrected chi connectivity index (χ1v) is 13.9. The highest BCUT2D eigenvalue weighted by molar-refractivity contribution is 6.82. The first kappa shape index (κ1) is 28.1. The van der Waals surface area contributed by atoms with E-state index in [1.165, 1.54) is 13.3 Å². The minimum Gasteiger partial charge on any atom is -0.469 e. The van der Waals surface area contributed by atoms with Gasteiger partial charge in [-0.3, -0.25) is 15.2 Å². The zero-order valence-electron chi connectivity index (χ0n) is 20.5. The van der Waals surface area contributed by atoms with E-state index in [4.69, 9.17) is 20.0 Å². The fourth-order valence-corrected chi connectivity index (χ4v) is 3.69. The van der Waals surface area contributed by atoms with Gasteiger partial charge in [-0.05, 0) is 27.7 Å². The van der Waals surface area contributed by atoms with Gasteiger partial charge >= 0.3 is 18.0 Å². The number of ether oxygens (including phenoxy) is 3. The molecule has 0 radical (unpaired) electrons. The standard InChI is InChI=1S/C20H35N5O7Si/c1-19(2,3)31-18(28)23-16-13(11-22-24-16)12-30-20(4,33(6,7)8)17(21)25-32-15(27)10-9-14(26)29-5/h11H,9-10,12H2,1-8H3,(H2,21,25)(H2,22,23,24,28). The van der Waals surface area contributed by atoms with Crippen molar-refractivity contribution in [1.82, 2.24) is 10.2 Å². The number of aromatic nitrogens is 2. The van der Waals surface area contributed by atoms with Crippen LogP contribution in [0.25, 0.3) is 0 Å². The number of rotatable bonds is 10. The number of nitrogens with two attached hydrogens (primary N) is 1. The molecule has 1 amide bonds. The van der Waals surface area contributed by atoms with Crippen molar-refractivity contribution in [2.45, 2.75) is 77.6 Å². The van der Waals surface area contributed by atoms with E-state index in [0.29, 0.717) is 11.4 Å². The summed E-state index contributed by atoms with van der Waals surface area (Å²) in [5.41, 5.74) is 6.08. The molecule has 0 saturated carbocycles. The monoisotopic (exact) mass is 485 g/mol. The number of esters is 1. The third-order valence-electron chi connectivity index (χ3n) is 4.79. The van der Waals surface area contributed by atoms with Gasteiger partial charge in [-0.15, -0.1) is 0 Å². The van der Waals surface area contributed by atoms with Gasteiger partial charge in [0.25, 0.3) is 0 Å². The zero-order chi connectivity index (χ0) is 25.4. The van der Waals surface area contributed by atoms with Crippen molar-refractivity contribution in [2.75, 3.05) is 12.4 Å². The Morgan fingerprint density at radius 2 is 1.76 bits per heavy atom. The number of anilines is 1. The SMILES string of the molecule is COC(=O)CCC(=O)O/N=C(\N)C(C)(OCc1cn[nH]c1NC(=O)OC(C)(C)C)[Si](C)(C)C. The second kappa shape index (κ2) is 11.3. The molecule has 1 aromatic heterocycles. The van der Waals surface area contributed by atoms with Crippen LogP contribution in [-0.4, -0.2) is 60.1 Å². The summed E-state index contributed by atoms with van der Waals surface area (Å²) in [5, 5.41) is 12.0. The summed E-state index contributed by atoms with van der Waals surface area (Å²) in [7, 11) is -0.958. The number of carbonyl (C=O) groups excluding carboxylic acids is 3. The van der Waals surface area contributed by atoms with Crippen LogP contribution in [0.15, 0.2) is 11.4 Å². The summed E-state index contributed by atoms with van der Waals surface area (Å²) in [5.74, 6) is -0.944. The quantitative estimate of drug-likeness (QED) is 0.113. The van der Waals surface area contributed by atoms with E-state index in [1.54, 1.807) is 27.7 Å². The molecule has 0 fully saturated rings. The number of methoxy groups -OCH3 is 1. The lowest BCUT2D eigenvalue weighted by molar-refractivity contribution is -0.149. The van der Waals surface area contributed by atoms with Gasteiger partial charge in [0, 0.05) is 5.56 Å². The van der Waals surface area contributed by atoms with Crippen LogP contribution in [-0.2, 0) is 35.2 Å². The van der Waals surface area contributed by atoms with E-state index in [0.717, 1.165) is 0 Å². The Kier molecular flexibility index (Phi) is 9.60. The lowest BCUT2D eigenvalue weighted by Gasteiger charge is -2.39. The molecule has 0 aliphatic rings. The largest absolute Gasteiger partial charge is 0.469 e. The summed E-state index contributed by atoms with van der Waals surface area (Å²) in [6, 6.07) is 0. The Morgan fingerprint density at radius 1 is 1.15 bits per heavy atom. The number of nitrogens with zero attached hydrogens (tertiary/aromatic N) is 2. The molecule has 186 valence electrons. The highest BCUT2D eigenvalue weighted by atomic mass is 28.3. The molecule has 0 aliphatic carbocycles. The normalized spacial score (nSPS) is 14.2. The summed E-state index contributed by atoms with van der Waals surface area (Å²) < 4.78 is 15.9. The molecule has 1 atom stereocenters. The molecule has 1 aromatic rings. The number of hydrogen-bond acceptors (Lipinski definition) is 9. The van der Waals surface area contributed by atoms with Gasteiger partial charge in [0.1, 0.15) is 16.6 Å². The van der Waals surface area contributed by atoms with Crippen molar-refractivity contribution in [1.29, 1.82) is 0 Å². The van der Waals surface area contributed by atoms with Gasteiger partial charge in [-0.25, -0.2) is 9.59 Å². The van der Waals surface area contributed by atoms with E-state index in [-0.39, 0.29) is 25.3 Å². The number of carbonyl (C=O) groups is 3. The van der Waals surface area contributed by atoms with E-state index in [1.807, 2.05) is 19.6 Å². The van der Waals surface area contributed by atoms with Crippen LogP contribution in [0, 0.1) is 0 Å². The second-order valence-electron chi connectivity index (χ2n) is 9.49. The lowest BCUT2D eigenvalue weighted by Crippen LogP contribution is -2.60. The maximum absolute atomic E-state index is 12.1. The Bertz CT molecular complexity index is 873. The van der Waals surface area contributed by atoms with E-state index < -0.39 is 36.9 Å². The van der Waals surface area contributed by atoms with Crippen molar-refractivity contribution in [3.8, 4) is 0 Å². The molecule has 0 spiro atoms. The summed E-state index contributed by atoms with van der Waals surface area (Å²) in [6.45, 7) is 13.1. The second-order valence-corrected chi connectivity index (χ2v) is 14.9. The molecule has 1 heterocycles. The van der Waals surface area contributed by atoms with E-state index >= 15 is 0 Å². The topological polar surface area (TPSA) is 167 Å².